The fourth-order valence-corrected chi connectivity index (χ4v) is 1.95. The van der Waals surface area contributed by atoms with E-state index in [0.717, 1.165) is 29.3 Å². The Kier molecular flexibility index (Phi) is 4.43. The van der Waals surface area contributed by atoms with E-state index >= 15 is 0 Å². The molecule has 5 heteroatoms. The molecule has 1 unspecified atom stereocenters. The summed E-state index contributed by atoms with van der Waals surface area (Å²) in [5, 5.41) is 0. The van der Waals surface area contributed by atoms with Gasteiger partial charge in [-0.3, -0.25) is 11.3 Å². The molecule has 1 atom stereocenters. The predicted octanol–water partition coefficient (Wildman–Crippen LogP) is 1.54. The Morgan fingerprint density at radius 1 is 1.37 bits per heavy atom. The maximum atomic E-state index is 5.63. The molecule has 100 valence electrons. The highest BCUT2D eigenvalue weighted by molar-refractivity contribution is 5.29. The number of benzene rings is 1. The first-order valence-electron chi connectivity index (χ1n) is 6.11. The Balaban J connectivity index is 2.18. The topological polar surface area (TPSA) is 73.1 Å². The average Bonchev–Trinajstić information content (AvgIpc) is 2.45. The van der Waals surface area contributed by atoms with Gasteiger partial charge in [-0.05, 0) is 37.1 Å². The molecule has 1 aromatic carbocycles. The smallest absolute Gasteiger partial charge is 0.125 e. The molecule has 0 aliphatic carbocycles. The first kappa shape index (κ1) is 13.5. The second-order valence-corrected chi connectivity index (χ2v) is 4.30. The normalized spacial score (nSPS) is 12.2. The number of nitrogens with zero attached hydrogens (tertiary/aromatic N) is 2. The molecular formula is C14H18N4O. The second kappa shape index (κ2) is 6.26. The number of hydrazine groups is 1. The Morgan fingerprint density at radius 3 is 2.89 bits per heavy atom. The van der Waals surface area contributed by atoms with Gasteiger partial charge in [-0.25, -0.2) is 9.97 Å². The molecule has 1 aromatic heterocycles. The van der Waals surface area contributed by atoms with Crippen LogP contribution in [0, 0.1) is 6.92 Å². The van der Waals surface area contributed by atoms with Crippen molar-refractivity contribution in [3.8, 4) is 5.75 Å². The number of nitrogens with one attached hydrogen (secondary N) is 1. The molecule has 0 saturated heterocycles. The van der Waals surface area contributed by atoms with Gasteiger partial charge >= 0.3 is 0 Å². The number of hydrogen-bond donors (Lipinski definition) is 2. The molecule has 0 saturated carbocycles. The molecule has 19 heavy (non-hydrogen) atoms. The van der Waals surface area contributed by atoms with Gasteiger partial charge in [-0.15, -0.1) is 0 Å². The van der Waals surface area contributed by atoms with Crippen molar-refractivity contribution >= 4 is 0 Å². The number of ether oxygens (including phenoxy) is 1. The van der Waals surface area contributed by atoms with Crippen LogP contribution in [-0.2, 0) is 6.42 Å². The van der Waals surface area contributed by atoms with Gasteiger partial charge in [0.25, 0.3) is 0 Å². The highest BCUT2D eigenvalue weighted by Crippen LogP contribution is 2.19. The molecule has 3 N–H and O–H groups in total. The maximum Gasteiger partial charge on any atom is 0.125 e. The summed E-state index contributed by atoms with van der Waals surface area (Å²) in [6.07, 6.45) is 2.48. The molecule has 0 amide bonds. The third kappa shape index (κ3) is 3.49. The van der Waals surface area contributed by atoms with E-state index in [1.807, 2.05) is 37.3 Å². The highest BCUT2D eigenvalue weighted by atomic mass is 16.5. The molecular weight excluding hydrogens is 240 g/mol. The summed E-state index contributed by atoms with van der Waals surface area (Å²) < 4.78 is 5.22. The van der Waals surface area contributed by atoms with Crippen LogP contribution < -0.4 is 16.0 Å². The van der Waals surface area contributed by atoms with Crippen LogP contribution in [0.1, 0.15) is 23.1 Å². The highest BCUT2D eigenvalue weighted by Gasteiger charge is 2.12. The summed E-state index contributed by atoms with van der Waals surface area (Å²) in [5.74, 6) is 7.21. The Morgan fingerprint density at radius 2 is 2.21 bits per heavy atom. The van der Waals surface area contributed by atoms with Gasteiger partial charge in [0, 0.05) is 6.20 Å². The van der Waals surface area contributed by atoms with E-state index < -0.39 is 0 Å². The van der Waals surface area contributed by atoms with Crippen LogP contribution in [0.2, 0.25) is 0 Å². The van der Waals surface area contributed by atoms with Crippen molar-refractivity contribution in [2.45, 2.75) is 19.4 Å². The third-order valence-electron chi connectivity index (χ3n) is 2.93. The lowest BCUT2D eigenvalue weighted by atomic mass is 10.0. The molecule has 2 rings (SSSR count). The minimum atomic E-state index is -0.0474. The zero-order valence-corrected chi connectivity index (χ0v) is 11.1. The van der Waals surface area contributed by atoms with Crippen LogP contribution in [0.4, 0.5) is 0 Å². The molecule has 2 aromatic rings. The molecule has 0 spiro atoms. The van der Waals surface area contributed by atoms with Crippen molar-refractivity contribution in [2.24, 2.45) is 5.84 Å². The van der Waals surface area contributed by atoms with E-state index in [1.54, 1.807) is 13.3 Å². The first-order valence-corrected chi connectivity index (χ1v) is 6.11. The van der Waals surface area contributed by atoms with Crippen molar-refractivity contribution in [1.29, 1.82) is 0 Å². The lowest BCUT2D eigenvalue weighted by Gasteiger charge is -2.16. The van der Waals surface area contributed by atoms with Gasteiger partial charge in [0.05, 0.1) is 18.8 Å². The largest absolute Gasteiger partial charge is 0.497 e. The van der Waals surface area contributed by atoms with Crippen LogP contribution in [-0.4, -0.2) is 17.1 Å². The summed E-state index contributed by atoms with van der Waals surface area (Å²) in [7, 11) is 1.66. The Labute approximate surface area is 112 Å². The van der Waals surface area contributed by atoms with Crippen LogP contribution in [0.5, 0.6) is 5.75 Å². The Bertz CT molecular complexity index is 544. The van der Waals surface area contributed by atoms with E-state index in [-0.39, 0.29) is 6.04 Å². The minimum absolute atomic E-state index is 0.0474. The standard InChI is InChI=1S/C14H18N4O/c1-10-16-7-6-13(17-10)14(18-15)9-11-4-3-5-12(8-11)19-2/h3-8,14,18H,9,15H2,1-2H3. The van der Waals surface area contributed by atoms with E-state index in [2.05, 4.69) is 15.4 Å². The van der Waals surface area contributed by atoms with Crippen LogP contribution in [0.15, 0.2) is 36.5 Å². The Hall–Kier alpha value is -1.98. The summed E-state index contributed by atoms with van der Waals surface area (Å²) >= 11 is 0. The zero-order valence-electron chi connectivity index (χ0n) is 11.1. The summed E-state index contributed by atoms with van der Waals surface area (Å²) in [6, 6.07) is 9.75. The molecule has 1 heterocycles. The fraction of sp³-hybridized carbons (Fsp3) is 0.286. The second-order valence-electron chi connectivity index (χ2n) is 4.30. The fourth-order valence-electron chi connectivity index (χ4n) is 1.95. The van der Waals surface area contributed by atoms with Crippen LogP contribution in [0.3, 0.4) is 0 Å². The molecule has 0 aliphatic heterocycles. The van der Waals surface area contributed by atoms with E-state index in [9.17, 15) is 0 Å². The summed E-state index contributed by atoms with van der Waals surface area (Å²) in [5.41, 5.74) is 4.82. The molecule has 0 fully saturated rings. The van der Waals surface area contributed by atoms with Gasteiger partial charge in [-0.2, -0.15) is 0 Å². The number of aryl methyl sites for hydroxylation is 1. The number of methoxy groups -OCH3 is 1. The number of hydrogen-bond acceptors (Lipinski definition) is 5. The quantitative estimate of drug-likeness (QED) is 0.628. The van der Waals surface area contributed by atoms with E-state index in [1.165, 1.54) is 0 Å². The summed E-state index contributed by atoms with van der Waals surface area (Å²) in [4.78, 5) is 8.49. The van der Waals surface area contributed by atoms with Gasteiger partial charge in [-0.1, -0.05) is 12.1 Å². The molecule has 0 aliphatic rings. The van der Waals surface area contributed by atoms with Crippen LogP contribution >= 0.6 is 0 Å². The van der Waals surface area contributed by atoms with Gasteiger partial charge < -0.3 is 4.74 Å². The van der Waals surface area contributed by atoms with E-state index in [0.29, 0.717) is 0 Å². The van der Waals surface area contributed by atoms with Gasteiger partial charge in [0.1, 0.15) is 11.6 Å². The SMILES string of the molecule is COc1cccc(CC(NN)c2ccnc(C)n2)c1. The lowest BCUT2D eigenvalue weighted by molar-refractivity contribution is 0.413. The summed E-state index contributed by atoms with van der Waals surface area (Å²) in [6.45, 7) is 1.86. The number of aromatic nitrogens is 2. The molecule has 5 nitrogen and oxygen atoms in total. The number of rotatable bonds is 5. The third-order valence-corrected chi connectivity index (χ3v) is 2.93. The maximum absolute atomic E-state index is 5.63. The van der Waals surface area contributed by atoms with E-state index in [4.69, 9.17) is 10.6 Å². The average molecular weight is 258 g/mol. The van der Waals surface area contributed by atoms with Crippen molar-refractivity contribution < 1.29 is 4.74 Å². The molecule has 0 radical (unpaired) electrons. The monoisotopic (exact) mass is 258 g/mol. The van der Waals surface area contributed by atoms with Crippen molar-refractivity contribution in [3.05, 3.63) is 53.6 Å². The number of nitrogens with two attached hydrogens (primary N) is 1. The first-order chi connectivity index (χ1) is 9.22. The van der Waals surface area contributed by atoms with Crippen molar-refractivity contribution in [3.63, 3.8) is 0 Å². The minimum Gasteiger partial charge on any atom is -0.497 e. The predicted molar refractivity (Wildman–Crippen MR) is 73.5 cm³/mol. The van der Waals surface area contributed by atoms with Crippen LogP contribution in [0.25, 0.3) is 0 Å². The van der Waals surface area contributed by atoms with Gasteiger partial charge in [0.2, 0.25) is 0 Å². The lowest BCUT2D eigenvalue weighted by Crippen LogP contribution is -2.30. The molecule has 0 bridgehead atoms. The van der Waals surface area contributed by atoms with Crippen molar-refractivity contribution in [2.75, 3.05) is 7.11 Å². The zero-order chi connectivity index (χ0) is 13.7. The van der Waals surface area contributed by atoms with Gasteiger partial charge in [0.15, 0.2) is 0 Å². The van der Waals surface area contributed by atoms with Crippen molar-refractivity contribution in [1.82, 2.24) is 15.4 Å².